The van der Waals surface area contributed by atoms with E-state index in [9.17, 15) is 33.6 Å². The van der Waals surface area contributed by atoms with Crippen LogP contribution in [0.2, 0.25) is 0 Å². The van der Waals surface area contributed by atoms with Gasteiger partial charge in [0.05, 0.1) is 0 Å². The van der Waals surface area contributed by atoms with Crippen molar-refractivity contribution < 1.29 is 57.2 Å². The van der Waals surface area contributed by atoms with E-state index in [4.69, 9.17) is 23.7 Å². The maximum Gasteiger partial charge on any atom is 0.408 e. The fourth-order valence-corrected chi connectivity index (χ4v) is 6.72. The normalized spacial score (nSPS) is 12.7. The summed E-state index contributed by atoms with van der Waals surface area (Å²) in [7, 11) is 0. The van der Waals surface area contributed by atoms with Gasteiger partial charge >= 0.3 is 30.1 Å². The molecule has 0 radical (unpaired) electrons. The monoisotopic (exact) mass is 912 g/mol. The van der Waals surface area contributed by atoms with Crippen LogP contribution in [0.25, 0.3) is 0 Å². The number of hydrogen-bond acceptors (Lipinski definition) is 13. The third-order valence-electron chi connectivity index (χ3n) is 9.04. The maximum atomic E-state index is 13.6. The molecule has 0 bridgehead atoms. The average Bonchev–Trinajstić information content (AvgIpc) is 3.29. The smallest absolute Gasteiger partial charge is 0.408 e. The molecular weight excluding hydrogens is 857 g/mol. The molecule has 4 N–H and O–H groups in total. The summed E-state index contributed by atoms with van der Waals surface area (Å²) in [5.74, 6) is -4.02. The molecule has 4 rings (SSSR count). The number of rotatable bonds is 23. The van der Waals surface area contributed by atoms with Crippen LogP contribution in [0.5, 0.6) is 0 Å². The van der Waals surface area contributed by atoms with Gasteiger partial charge in [-0.05, 0) is 56.4 Å². The summed E-state index contributed by atoms with van der Waals surface area (Å²) in [5.41, 5.74) is 2.01. The third-order valence-corrected chi connectivity index (χ3v) is 10.2. The summed E-state index contributed by atoms with van der Waals surface area (Å²) >= 11 is 1.06. The molecule has 4 amide bonds. The maximum absolute atomic E-state index is 13.6. The van der Waals surface area contributed by atoms with E-state index in [-0.39, 0.29) is 50.8 Å². The van der Waals surface area contributed by atoms with Crippen LogP contribution in [0.4, 0.5) is 9.59 Å². The summed E-state index contributed by atoms with van der Waals surface area (Å²) in [4.78, 5) is 92.4. The number of carbonyl (C=O) groups excluding carboxylic acids is 7. The zero-order chi connectivity index (χ0) is 47.0. The van der Waals surface area contributed by atoms with Crippen molar-refractivity contribution >= 4 is 53.7 Å². The first kappa shape index (κ1) is 50.8. The van der Waals surface area contributed by atoms with Crippen LogP contribution in [0.3, 0.4) is 0 Å². The Hall–Kier alpha value is -6.88. The van der Waals surface area contributed by atoms with Gasteiger partial charge in [0.15, 0.2) is 0 Å². The molecule has 0 unspecified atom stereocenters. The molecule has 16 nitrogen and oxygen atoms in total. The van der Waals surface area contributed by atoms with E-state index in [0.29, 0.717) is 11.1 Å². The Labute approximate surface area is 382 Å². The van der Waals surface area contributed by atoms with Crippen molar-refractivity contribution in [1.82, 2.24) is 21.3 Å². The lowest BCUT2D eigenvalue weighted by Crippen LogP contribution is -2.51. The van der Waals surface area contributed by atoms with Crippen molar-refractivity contribution in [1.29, 1.82) is 0 Å². The quantitative estimate of drug-likeness (QED) is 0.0504. The molecule has 0 saturated carbocycles. The number of thioether (sulfide) groups is 1. The van der Waals surface area contributed by atoms with E-state index >= 15 is 0 Å². The summed E-state index contributed by atoms with van der Waals surface area (Å²) in [6, 6.07) is 30.7. The molecule has 0 heterocycles. The highest BCUT2D eigenvalue weighted by Crippen LogP contribution is 2.14. The lowest BCUT2D eigenvalue weighted by molar-refractivity contribution is -0.150. The molecule has 0 fully saturated rings. The van der Waals surface area contributed by atoms with Crippen LogP contribution in [-0.4, -0.2) is 83.2 Å². The minimum atomic E-state index is -1.34. The van der Waals surface area contributed by atoms with Crippen LogP contribution in [0, 0.1) is 0 Å². The summed E-state index contributed by atoms with van der Waals surface area (Å²) in [5, 5.41) is 10.2. The van der Waals surface area contributed by atoms with Gasteiger partial charge in [0, 0.05) is 17.9 Å². The zero-order valence-electron chi connectivity index (χ0n) is 36.8. The second kappa shape index (κ2) is 26.7. The molecule has 4 atom stereocenters. The average molecular weight is 913 g/mol. The van der Waals surface area contributed by atoms with Crippen LogP contribution in [-0.2, 0) is 74.1 Å². The van der Waals surface area contributed by atoms with Crippen LogP contribution < -0.4 is 21.3 Å². The van der Waals surface area contributed by atoms with E-state index in [0.717, 1.165) is 22.9 Å². The Bertz CT molecular complexity index is 2140. The topological polar surface area (TPSA) is 214 Å². The predicted molar refractivity (Wildman–Crippen MR) is 242 cm³/mol. The van der Waals surface area contributed by atoms with E-state index in [2.05, 4.69) is 21.3 Å². The van der Waals surface area contributed by atoms with Gasteiger partial charge in [0.1, 0.15) is 56.2 Å². The molecule has 0 aliphatic heterocycles. The molecule has 4 aromatic rings. The van der Waals surface area contributed by atoms with Crippen LogP contribution in [0.15, 0.2) is 121 Å². The van der Waals surface area contributed by atoms with Crippen molar-refractivity contribution in [3.05, 3.63) is 144 Å². The molecule has 0 aliphatic carbocycles. The van der Waals surface area contributed by atoms with E-state index in [1.807, 2.05) is 18.2 Å². The number of ether oxygens (including phenoxy) is 5. The number of amides is 4. The number of nitrogens with one attached hydrogen (secondary N) is 4. The number of benzene rings is 4. The summed E-state index contributed by atoms with van der Waals surface area (Å²) in [6.45, 7) is 6.07. The number of esters is 3. The largest absolute Gasteiger partial charge is 0.459 e. The van der Waals surface area contributed by atoms with Gasteiger partial charge < -0.3 is 45.0 Å². The first-order valence-electron chi connectivity index (χ1n) is 20.9. The van der Waals surface area contributed by atoms with Gasteiger partial charge in [0.25, 0.3) is 0 Å². The first-order valence-corrected chi connectivity index (χ1v) is 22.1. The minimum Gasteiger partial charge on any atom is -0.459 e. The Morgan fingerprint density at radius 3 is 1.29 bits per heavy atom. The molecule has 0 aromatic heterocycles. The minimum absolute atomic E-state index is 0.0513. The Morgan fingerprint density at radius 2 is 0.877 bits per heavy atom. The number of hydrogen-bond donors (Lipinski definition) is 4. The molecule has 17 heteroatoms. The van der Waals surface area contributed by atoms with Crippen LogP contribution >= 0.6 is 11.8 Å². The number of carbonyl (C=O) groups is 7. The number of alkyl carbamates (subject to hydrolysis) is 2. The molecule has 4 aromatic carbocycles. The van der Waals surface area contributed by atoms with Crippen molar-refractivity contribution in [3.8, 4) is 0 Å². The van der Waals surface area contributed by atoms with Crippen molar-refractivity contribution in [3.63, 3.8) is 0 Å². The molecule has 0 saturated heterocycles. The van der Waals surface area contributed by atoms with E-state index < -0.39 is 71.7 Å². The van der Waals surface area contributed by atoms with Gasteiger partial charge in [0.2, 0.25) is 11.8 Å². The Balaban J connectivity index is 1.44. The van der Waals surface area contributed by atoms with Crippen LogP contribution in [0.1, 0.15) is 62.8 Å². The first-order chi connectivity index (χ1) is 31.1. The second-order valence-electron chi connectivity index (χ2n) is 15.7. The van der Waals surface area contributed by atoms with Crippen molar-refractivity contribution in [2.45, 2.75) is 96.7 Å². The fourth-order valence-electron chi connectivity index (χ4n) is 5.67. The standard InChI is InChI=1S/C48H56N4O12S/c1-33(49-47(59)64-48(2,3)4)42(54)51-38(43(55)60-27-34-17-9-5-10-18-34)25-26-41(53)50-39(44(56)61-28-35-19-11-6-12-20-35)31-65-32-40(45(57)62-29-36-21-13-7-14-22-36)52-46(58)63-30-37-23-15-8-16-24-37/h5-24,33,38-40H,25-32H2,1-4H3,(H,49,59)(H,50,53)(H,51,54)(H,52,58)/t33-,38+,39+,40-/m0/s1. The Morgan fingerprint density at radius 1 is 0.492 bits per heavy atom. The second-order valence-corrected chi connectivity index (χ2v) is 16.7. The predicted octanol–water partition coefficient (Wildman–Crippen LogP) is 5.91. The van der Waals surface area contributed by atoms with Gasteiger partial charge in [-0.15, -0.1) is 0 Å². The fraction of sp³-hybridized carbons (Fsp3) is 0.354. The zero-order valence-corrected chi connectivity index (χ0v) is 37.6. The summed E-state index contributed by atoms with van der Waals surface area (Å²) in [6.07, 6.45) is -2.34. The molecule has 0 aliphatic rings. The molecule has 0 spiro atoms. The highest BCUT2D eigenvalue weighted by Gasteiger charge is 2.30. The molecular formula is C48H56N4O12S. The lowest BCUT2D eigenvalue weighted by atomic mass is 10.1. The molecule has 346 valence electrons. The van der Waals surface area contributed by atoms with Gasteiger partial charge in [-0.1, -0.05) is 121 Å². The van der Waals surface area contributed by atoms with Crippen molar-refractivity contribution in [2.24, 2.45) is 0 Å². The van der Waals surface area contributed by atoms with E-state index in [1.54, 1.807) is 124 Å². The Kier molecular flexibility index (Phi) is 20.8. The van der Waals surface area contributed by atoms with Crippen molar-refractivity contribution in [2.75, 3.05) is 11.5 Å². The molecule has 65 heavy (non-hydrogen) atoms. The van der Waals surface area contributed by atoms with Gasteiger partial charge in [-0.25, -0.2) is 24.0 Å². The van der Waals surface area contributed by atoms with E-state index in [1.165, 1.54) is 6.92 Å². The summed E-state index contributed by atoms with van der Waals surface area (Å²) < 4.78 is 27.2. The SMILES string of the molecule is C[C@H](NC(=O)OC(C)(C)C)C(=O)N[C@H](CCC(=O)N[C@H](CSC[C@H](NC(=O)OCc1ccccc1)C(=O)OCc1ccccc1)C(=O)OCc1ccccc1)C(=O)OCc1ccccc1. The highest BCUT2D eigenvalue weighted by atomic mass is 32.2. The van der Waals surface area contributed by atoms with Gasteiger partial charge in [-0.3, -0.25) is 9.59 Å². The lowest BCUT2D eigenvalue weighted by Gasteiger charge is -2.23. The third kappa shape index (κ3) is 20.0. The van der Waals surface area contributed by atoms with Gasteiger partial charge in [-0.2, -0.15) is 11.8 Å². The highest BCUT2D eigenvalue weighted by molar-refractivity contribution is 7.99.